The highest BCUT2D eigenvalue weighted by Gasteiger charge is 2.17. The van der Waals surface area contributed by atoms with Gasteiger partial charge in [-0.3, -0.25) is 0 Å². The molecular weight excluding hydrogens is 238 g/mol. The summed E-state index contributed by atoms with van der Waals surface area (Å²) in [6.07, 6.45) is 0.933. The highest BCUT2D eigenvalue weighted by molar-refractivity contribution is 5.58. The predicted octanol–water partition coefficient (Wildman–Crippen LogP) is 3.41. The third-order valence-corrected chi connectivity index (χ3v) is 3.21. The number of hydrogen-bond donors (Lipinski definition) is 1. The van der Waals surface area contributed by atoms with Gasteiger partial charge in [-0.2, -0.15) is 0 Å². The third kappa shape index (κ3) is 3.01. The largest absolute Gasteiger partial charge is 0.419 e. The van der Waals surface area contributed by atoms with Gasteiger partial charge in [-0.25, -0.2) is 0 Å². The molecule has 0 radical (unpaired) electrons. The Morgan fingerprint density at radius 2 is 2.00 bits per heavy atom. The lowest BCUT2D eigenvalue weighted by atomic mass is 10.1. The summed E-state index contributed by atoms with van der Waals surface area (Å²) in [5.74, 6) is 1.27. The monoisotopic (exact) mass is 259 g/mol. The Bertz CT molecular complexity index is 548. The van der Waals surface area contributed by atoms with Crippen molar-refractivity contribution in [2.24, 2.45) is 0 Å². The van der Waals surface area contributed by atoms with Gasteiger partial charge in [-0.1, -0.05) is 31.5 Å². The van der Waals surface area contributed by atoms with Crippen LogP contribution in [0, 0.1) is 13.8 Å². The van der Waals surface area contributed by atoms with Crippen molar-refractivity contribution in [2.75, 3.05) is 6.54 Å². The first-order valence-electron chi connectivity index (χ1n) is 6.80. The van der Waals surface area contributed by atoms with Crippen molar-refractivity contribution in [3.8, 4) is 11.5 Å². The zero-order chi connectivity index (χ0) is 13.8. The van der Waals surface area contributed by atoms with Gasteiger partial charge < -0.3 is 9.73 Å². The van der Waals surface area contributed by atoms with Gasteiger partial charge >= 0.3 is 0 Å². The van der Waals surface area contributed by atoms with E-state index in [0.29, 0.717) is 11.8 Å². The molecule has 2 aromatic rings. The topological polar surface area (TPSA) is 51.0 Å². The quantitative estimate of drug-likeness (QED) is 0.894. The Kier molecular flexibility index (Phi) is 4.32. The normalized spacial score (nSPS) is 12.6. The predicted molar refractivity (Wildman–Crippen MR) is 75.9 cm³/mol. The van der Waals surface area contributed by atoms with Crippen LogP contribution in [0.15, 0.2) is 22.6 Å². The molecule has 0 amide bonds. The molecule has 0 fully saturated rings. The molecule has 19 heavy (non-hydrogen) atoms. The average molecular weight is 259 g/mol. The second kappa shape index (κ2) is 5.97. The number of nitrogens with one attached hydrogen (secondary N) is 1. The lowest BCUT2D eigenvalue weighted by Crippen LogP contribution is -2.20. The van der Waals surface area contributed by atoms with E-state index in [1.165, 1.54) is 5.56 Å². The first kappa shape index (κ1) is 13.7. The molecule has 4 nitrogen and oxygen atoms in total. The molecule has 0 bridgehead atoms. The van der Waals surface area contributed by atoms with Crippen LogP contribution in [0.25, 0.3) is 11.5 Å². The lowest BCUT2D eigenvalue weighted by molar-refractivity contribution is 0.402. The van der Waals surface area contributed by atoms with E-state index < -0.39 is 0 Å². The molecule has 0 spiro atoms. The summed E-state index contributed by atoms with van der Waals surface area (Å²) in [5.41, 5.74) is 3.41. The van der Waals surface area contributed by atoms with E-state index in [9.17, 15) is 0 Å². The van der Waals surface area contributed by atoms with Gasteiger partial charge in [0.25, 0.3) is 0 Å². The molecule has 1 heterocycles. The molecule has 0 aliphatic rings. The van der Waals surface area contributed by atoms with Gasteiger partial charge in [0.15, 0.2) is 0 Å². The molecule has 102 valence electrons. The van der Waals surface area contributed by atoms with Crippen LogP contribution in [0.3, 0.4) is 0 Å². The third-order valence-electron chi connectivity index (χ3n) is 3.21. The minimum atomic E-state index is 0.136. The summed E-state index contributed by atoms with van der Waals surface area (Å²) in [5, 5.41) is 11.7. The van der Waals surface area contributed by atoms with Crippen LogP contribution in [0.2, 0.25) is 0 Å². The molecule has 1 aromatic carbocycles. The smallest absolute Gasteiger partial charge is 0.248 e. The SMILES string of the molecule is CCNC(CC)c1nnc(-c2ccc(C)cc2C)o1. The summed E-state index contributed by atoms with van der Waals surface area (Å²) >= 11 is 0. The molecule has 0 aliphatic carbocycles. The van der Waals surface area contributed by atoms with Crippen molar-refractivity contribution in [1.29, 1.82) is 0 Å². The fraction of sp³-hybridized carbons (Fsp3) is 0.467. The summed E-state index contributed by atoms with van der Waals surface area (Å²) in [6, 6.07) is 6.36. The van der Waals surface area contributed by atoms with Crippen molar-refractivity contribution in [3.05, 3.63) is 35.2 Å². The van der Waals surface area contributed by atoms with Crippen LogP contribution in [0.5, 0.6) is 0 Å². The molecule has 4 heteroatoms. The summed E-state index contributed by atoms with van der Waals surface area (Å²) in [6.45, 7) is 9.21. The van der Waals surface area contributed by atoms with Crippen molar-refractivity contribution in [2.45, 2.75) is 40.2 Å². The van der Waals surface area contributed by atoms with E-state index in [4.69, 9.17) is 4.42 Å². The number of aromatic nitrogens is 2. The Hall–Kier alpha value is -1.68. The zero-order valence-electron chi connectivity index (χ0n) is 12.0. The van der Waals surface area contributed by atoms with Gasteiger partial charge in [0.2, 0.25) is 11.8 Å². The van der Waals surface area contributed by atoms with Gasteiger partial charge in [-0.05, 0) is 38.4 Å². The molecule has 0 saturated carbocycles. The van der Waals surface area contributed by atoms with Gasteiger partial charge in [0, 0.05) is 5.56 Å². The number of benzene rings is 1. The van der Waals surface area contributed by atoms with E-state index in [-0.39, 0.29) is 6.04 Å². The van der Waals surface area contributed by atoms with Crippen molar-refractivity contribution >= 4 is 0 Å². The lowest BCUT2D eigenvalue weighted by Gasteiger charge is -2.10. The first-order chi connectivity index (χ1) is 9.15. The summed E-state index contributed by atoms with van der Waals surface area (Å²) < 4.78 is 5.81. The second-order valence-corrected chi connectivity index (χ2v) is 4.78. The minimum Gasteiger partial charge on any atom is -0.419 e. The average Bonchev–Trinajstić information content (AvgIpc) is 2.85. The van der Waals surface area contributed by atoms with E-state index in [1.807, 2.05) is 6.07 Å². The number of aryl methyl sites for hydroxylation is 2. The molecule has 0 saturated heterocycles. The fourth-order valence-electron chi connectivity index (χ4n) is 2.19. The Morgan fingerprint density at radius 3 is 2.63 bits per heavy atom. The summed E-state index contributed by atoms with van der Waals surface area (Å²) in [7, 11) is 0. The number of rotatable bonds is 5. The van der Waals surface area contributed by atoms with Gasteiger partial charge in [0.1, 0.15) is 0 Å². The Balaban J connectivity index is 2.29. The molecule has 0 aliphatic heterocycles. The van der Waals surface area contributed by atoms with Crippen molar-refractivity contribution in [1.82, 2.24) is 15.5 Å². The van der Waals surface area contributed by atoms with Crippen LogP contribution in [-0.2, 0) is 0 Å². The molecular formula is C15H21N3O. The van der Waals surface area contributed by atoms with Gasteiger partial charge in [0.05, 0.1) is 6.04 Å². The zero-order valence-corrected chi connectivity index (χ0v) is 12.0. The second-order valence-electron chi connectivity index (χ2n) is 4.78. The molecule has 1 unspecified atom stereocenters. The summed E-state index contributed by atoms with van der Waals surface area (Å²) in [4.78, 5) is 0. The highest BCUT2D eigenvalue weighted by Crippen LogP contribution is 2.25. The van der Waals surface area contributed by atoms with E-state index in [2.05, 4.69) is 55.3 Å². The number of nitrogens with zero attached hydrogens (tertiary/aromatic N) is 2. The Morgan fingerprint density at radius 1 is 1.21 bits per heavy atom. The standard InChI is InChI=1S/C15H21N3O/c1-5-13(16-6-2)15-18-17-14(19-15)12-8-7-10(3)9-11(12)4/h7-9,13,16H,5-6H2,1-4H3. The van der Waals surface area contributed by atoms with Crippen LogP contribution < -0.4 is 5.32 Å². The van der Waals surface area contributed by atoms with Crippen LogP contribution in [0.4, 0.5) is 0 Å². The maximum absolute atomic E-state index is 5.81. The van der Waals surface area contributed by atoms with E-state index >= 15 is 0 Å². The molecule has 1 aromatic heterocycles. The maximum atomic E-state index is 5.81. The van der Waals surface area contributed by atoms with Crippen molar-refractivity contribution < 1.29 is 4.42 Å². The molecule has 2 rings (SSSR count). The first-order valence-corrected chi connectivity index (χ1v) is 6.80. The van der Waals surface area contributed by atoms with Crippen LogP contribution >= 0.6 is 0 Å². The minimum absolute atomic E-state index is 0.136. The fourth-order valence-corrected chi connectivity index (χ4v) is 2.19. The molecule has 1 N–H and O–H groups in total. The Labute approximate surface area is 114 Å². The van der Waals surface area contributed by atoms with Crippen LogP contribution in [-0.4, -0.2) is 16.7 Å². The number of hydrogen-bond acceptors (Lipinski definition) is 4. The van der Waals surface area contributed by atoms with Crippen LogP contribution in [0.1, 0.15) is 43.3 Å². The maximum Gasteiger partial charge on any atom is 0.248 e. The van der Waals surface area contributed by atoms with Gasteiger partial charge in [-0.15, -0.1) is 10.2 Å². The van der Waals surface area contributed by atoms with E-state index in [0.717, 1.165) is 24.1 Å². The van der Waals surface area contributed by atoms with E-state index in [1.54, 1.807) is 0 Å². The molecule has 1 atom stereocenters. The highest BCUT2D eigenvalue weighted by atomic mass is 16.4. The van der Waals surface area contributed by atoms with Crippen molar-refractivity contribution in [3.63, 3.8) is 0 Å².